The molecular formula is C12H12FNO3. The SMILES string of the molecule is O=C(O)[C@H]1C[C@@H](c2ccc(F)cc2)CNC1=O. The maximum atomic E-state index is 12.8. The van der Waals surface area contributed by atoms with E-state index in [-0.39, 0.29) is 18.2 Å². The molecule has 0 aliphatic carbocycles. The van der Waals surface area contributed by atoms with Gasteiger partial charge in [-0.3, -0.25) is 9.59 Å². The first-order valence-electron chi connectivity index (χ1n) is 5.34. The second kappa shape index (κ2) is 4.53. The molecule has 0 radical (unpaired) electrons. The Morgan fingerprint density at radius 3 is 2.59 bits per heavy atom. The zero-order chi connectivity index (χ0) is 12.4. The van der Waals surface area contributed by atoms with Crippen molar-refractivity contribution in [2.24, 2.45) is 5.92 Å². The highest BCUT2D eigenvalue weighted by Crippen LogP contribution is 2.27. The van der Waals surface area contributed by atoms with Crippen LogP contribution in [0.1, 0.15) is 17.9 Å². The minimum atomic E-state index is -1.12. The van der Waals surface area contributed by atoms with Crippen molar-refractivity contribution in [1.82, 2.24) is 5.32 Å². The number of rotatable bonds is 2. The summed E-state index contributed by atoms with van der Waals surface area (Å²) in [5.41, 5.74) is 0.845. The number of carbonyl (C=O) groups is 2. The van der Waals surface area contributed by atoms with Crippen LogP contribution in [0.15, 0.2) is 24.3 Å². The summed E-state index contributed by atoms with van der Waals surface area (Å²) in [7, 11) is 0. The normalized spacial score (nSPS) is 24.2. The molecule has 4 nitrogen and oxygen atoms in total. The largest absolute Gasteiger partial charge is 0.481 e. The topological polar surface area (TPSA) is 66.4 Å². The minimum Gasteiger partial charge on any atom is -0.481 e. The summed E-state index contributed by atoms with van der Waals surface area (Å²) in [4.78, 5) is 22.2. The van der Waals surface area contributed by atoms with Gasteiger partial charge in [0.05, 0.1) is 0 Å². The number of carboxylic acid groups (broad SMARTS) is 1. The molecule has 1 heterocycles. The first kappa shape index (κ1) is 11.6. The molecule has 1 amide bonds. The van der Waals surface area contributed by atoms with Gasteiger partial charge in [0.2, 0.25) is 5.91 Å². The maximum Gasteiger partial charge on any atom is 0.316 e. The van der Waals surface area contributed by atoms with Crippen LogP contribution in [0.5, 0.6) is 0 Å². The third kappa shape index (κ3) is 2.43. The Morgan fingerprint density at radius 2 is 2.00 bits per heavy atom. The van der Waals surface area contributed by atoms with E-state index >= 15 is 0 Å². The molecule has 0 bridgehead atoms. The lowest BCUT2D eigenvalue weighted by atomic mass is 9.85. The fourth-order valence-electron chi connectivity index (χ4n) is 2.02. The summed E-state index contributed by atoms with van der Waals surface area (Å²) in [6, 6.07) is 5.91. The number of amides is 1. The van der Waals surface area contributed by atoms with E-state index in [1.807, 2.05) is 0 Å². The van der Waals surface area contributed by atoms with Gasteiger partial charge in [-0.25, -0.2) is 4.39 Å². The van der Waals surface area contributed by atoms with Gasteiger partial charge in [-0.1, -0.05) is 12.1 Å². The summed E-state index contributed by atoms with van der Waals surface area (Å²) in [5, 5.41) is 11.5. The monoisotopic (exact) mass is 237 g/mol. The van der Waals surface area contributed by atoms with Crippen LogP contribution in [0.3, 0.4) is 0 Å². The average Bonchev–Trinajstić information content (AvgIpc) is 2.30. The van der Waals surface area contributed by atoms with Gasteiger partial charge in [0.15, 0.2) is 0 Å². The molecule has 90 valence electrons. The predicted octanol–water partition coefficient (Wildman–Crippen LogP) is 1.13. The van der Waals surface area contributed by atoms with E-state index in [1.165, 1.54) is 12.1 Å². The van der Waals surface area contributed by atoms with E-state index in [0.29, 0.717) is 6.54 Å². The van der Waals surface area contributed by atoms with Gasteiger partial charge in [0.25, 0.3) is 0 Å². The summed E-state index contributed by atoms with van der Waals surface area (Å²) >= 11 is 0. The van der Waals surface area contributed by atoms with Crippen LogP contribution in [0.25, 0.3) is 0 Å². The zero-order valence-electron chi connectivity index (χ0n) is 9.02. The molecule has 0 spiro atoms. The number of carbonyl (C=O) groups excluding carboxylic acids is 1. The molecule has 2 rings (SSSR count). The number of hydrogen-bond acceptors (Lipinski definition) is 2. The summed E-state index contributed by atoms with van der Waals surface area (Å²) in [5.74, 6) is -2.98. The van der Waals surface area contributed by atoms with Crippen LogP contribution in [0.2, 0.25) is 0 Å². The standard InChI is InChI=1S/C12H12FNO3/c13-9-3-1-7(2-4-9)8-5-10(12(16)17)11(15)14-6-8/h1-4,8,10H,5-6H2,(H,14,15)(H,16,17)/t8-,10+/m1/s1. The van der Waals surface area contributed by atoms with Crippen LogP contribution in [-0.4, -0.2) is 23.5 Å². The predicted molar refractivity (Wildman–Crippen MR) is 57.9 cm³/mol. The molecule has 2 N–H and O–H groups in total. The smallest absolute Gasteiger partial charge is 0.316 e. The molecule has 1 aromatic rings. The van der Waals surface area contributed by atoms with Gasteiger partial charge in [-0.2, -0.15) is 0 Å². The van der Waals surface area contributed by atoms with Crippen molar-refractivity contribution in [3.63, 3.8) is 0 Å². The lowest BCUT2D eigenvalue weighted by molar-refractivity contribution is -0.148. The van der Waals surface area contributed by atoms with Crippen molar-refractivity contribution < 1.29 is 19.1 Å². The van der Waals surface area contributed by atoms with Crippen LogP contribution >= 0.6 is 0 Å². The maximum absolute atomic E-state index is 12.8. The molecule has 0 unspecified atom stereocenters. The summed E-state index contributed by atoms with van der Waals surface area (Å²) < 4.78 is 12.8. The van der Waals surface area contributed by atoms with E-state index in [4.69, 9.17) is 5.11 Å². The van der Waals surface area contributed by atoms with Gasteiger partial charge >= 0.3 is 5.97 Å². The molecule has 17 heavy (non-hydrogen) atoms. The number of nitrogens with one attached hydrogen (secondary N) is 1. The lowest BCUT2D eigenvalue weighted by Gasteiger charge is -2.27. The van der Waals surface area contributed by atoms with E-state index < -0.39 is 17.8 Å². The number of halogens is 1. The highest BCUT2D eigenvalue weighted by Gasteiger charge is 2.34. The Balaban J connectivity index is 2.15. The second-order valence-electron chi connectivity index (χ2n) is 4.12. The van der Waals surface area contributed by atoms with Crippen molar-refractivity contribution in [1.29, 1.82) is 0 Å². The second-order valence-corrected chi connectivity index (χ2v) is 4.12. The molecular weight excluding hydrogens is 225 g/mol. The van der Waals surface area contributed by atoms with Crippen molar-refractivity contribution in [2.75, 3.05) is 6.54 Å². The van der Waals surface area contributed by atoms with Gasteiger partial charge in [-0.15, -0.1) is 0 Å². The zero-order valence-corrected chi connectivity index (χ0v) is 9.02. The van der Waals surface area contributed by atoms with Gasteiger partial charge in [0.1, 0.15) is 11.7 Å². The third-order valence-corrected chi connectivity index (χ3v) is 3.00. The van der Waals surface area contributed by atoms with E-state index in [0.717, 1.165) is 5.56 Å². The Bertz CT molecular complexity index is 444. The first-order valence-corrected chi connectivity index (χ1v) is 5.34. The van der Waals surface area contributed by atoms with Gasteiger partial charge in [-0.05, 0) is 24.1 Å². The Hall–Kier alpha value is -1.91. The highest BCUT2D eigenvalue weighted by atomic mass is 19.1. The summed E-state index contributed by atoms with van der Waals surface area (Å²) in [6.07, 6.45) is 0.257. The quantitative estimate of drug-likeness (QED) is 0.758. The van der Waals surface area contributed by atoms with Crippen LogP contribution in [0.4, 0.5) is 4.39 Å². The highest BCUT2D eigenvalue weighted by molar-refractivity contribution is 5.97. The van der Waals surface area contributed by atoms with Crippen molar-refractivity contribution in [2.45, 2.75) is 12.3 Å². The van der Waals surface area contributed by atoms with Crippen LogP contribution < -0.4 is 5.32 Å². The minimum absolute atomic E-state index is 0.0746. The van der Waals surface area contributed by atoms with Crippen molar-refractivity contribution in [3.8, 4) is 0 Å². The Kier molecular flexibility index (Phi) is 3.08. The number of benzene rings is 1. The molecule has 0 saturated carbocycles. The van der Waals surface area contributed by atoms with E-state index in [1.54, 1.807) is 12.1 Å². The molecule has 1 aliphatic heterocycles. The third-order valence-electron chi connectivity index (χ3n) is 3.00. The van der Waals surface area contributed by atoms with E-state index in [9.17, 15) is 14.0 Å². The number of hydrogen-bond donors (Lipinski definition) is 2. The fourth-order valence-corrected chi connectivity index (χ4v) is 2.02. The van der Waals surface area contributed by atoms with Gasteiger partial charge in [0, 0.05) is 12.5 Å². The summed E-state index contributed by atoms with van der Waals surface area (Å²) in [6.45, 7) is 0.397. The number of piperidine rings is 1. The average molecular weight is 237 g/mol. The Labute approximate surface area is 97.4 Å². The molecule has 1 aromatic carbocycles. The number of aliphatic carboxylic acids is 1. The van der Waals surface area contributed by atoms with Gasteiger partial charge < -0.3 is 10.4 Å². The molecule has 1 fully saturated rings. The first-order chi connectivity index (χ1) is 8.08. The lowest BCUT2D eigenvalue weighted by Crippen LogP contribution is -2.43. The molecule has 5 heteroatoms. The van der Waals surface area contributed by atoms with Crippen LogP contribution in [-0.2, 0) is 9.59 Å². The van der Waals surface area contributed by atoms with Crippen molar-refractivity contribution in [3.05, 3.63) is 35.6 Å². The van der Waals surface area contributed by atoms with Crippen molar-refractivity contribution >= 4 is 11.9 Å². The molecule has 1 saturated heterocycles. The number of carboxylic acids is 1. The fraction of sp³-hybridized carbons (Fsp3) is 0.333. The molecule has 1 aliphatic rings. The van der Waals surface area contributed by atoms with E-state index in [2.05, 4.69) is 5.32 Å². The van der Waals surface area contributed by atoms with Crippen LogP contribution in [0, 0.1) is 11.7 Å². The molecule has 2 atom stereocenters. The molecule has 0 aromatic heterocycles. The Morgan fingerprint density at radius 1 is 1.35 bits per heavy atom.